The van der Waals surface area contributed by atoms with E-state index in [-0.39, 0.29) is 48.7 Å². The number of primary amides is 1. The number of nitrogens with two attached hydrogens (primary N) is 1. The topological polar surface area (TPSA) is 203 Å². The summed E-state index contributed by atoms with van der Waals surface area (Å²) in [5.74, 6) is -7.54. The number of carbonyl (C=O) groups is 4. The van der Waals surface area contributed by atoms with Crippen molar-refractivity contribution >= 4 is 53.1 Å². The highest BCUT2D eigenvalue weighted by Crippen LogP contribution is 2.54. The molecule has 0 aliphatic heterocycles. The first-order valence-corrected chi connectivity index (χ1v) is 12.4. The number of hydrogen-bond acceptors (Lipinski definition) is 11. The summed E-state index contributed by atoms with van der Waals surface area (Å²) < 4.78 is 4.92. The Bertz CT molecular complexity index is 1420. The first kappa shape index (κ1) is 31.5. The number of fused-ring (bicyclic) bond motifs is 3. The SMILES string of the molecule is C=CCOC(=O)Nc1cc(N(C)C)c2c(c1O)C(O)=C1C(=O)[C@]3(O)C(O)=C(C(N)=O)C(=O)[C@@H](N(C)C)C3CC1C2.Cl. The summed E-state index contributed by atoms with van der Waals surface area (Å²) in [7, 11) is 6.49. The molecule has 0 bridgehead atoms. The van der Waals surface area contributed by atoms with Crippen LogP contribution in [0.25, 0.3) is 5.76 Å². The summed E-state index contributed by atoms with van der Waals surface area (Å²) in [6.45, 7) is 3.37. The van der Waals surface area contributed by atoms with Crippen LogP contribution in [0.5, 0.6) is 5.75 Å². The maximum Gasteiger partial charge on any atom is 0.412 e. The number of Topliss-reactive ketones (excluding diaryl/α,β-unsaturated/α-hetero) is 2. The van der Waals surface area contributed by atoms with Gasteiger partial charge in [0.2, 0.25) is 5.78 Å². The summed E-state index contributed by atoms with van der Waals surface area (Å²) >= 11 is 0. The molecule has 1 saturated carbocycles. The minimum atomic E-state index is -2.74. The number of ketones is 2. The highest BCUT2D eigenvalue weighted by molar-refractivity contribution is 6.24. The van der Waals surface area contributed by atoms with E-state index in [2.05, 4.69) is 11.9 Å². The molecule has 41 heavy (non-hydrogen) atoms. The van der Waals surface area contributed by atoms with Gasteiger partial charge in [-0.05, 0) is 44.5 Å². The van der Waals surface area contributed by atoms with E-state index in [1.807, 2.05) is 0 Å². The third-order valence-electron chi connectivity index (χ3n) is 7.75. The van der Waals surface area contributed by atoms with Crippen LogP contribution in [0.2, 0.25) is 0 Å². The van der Waals surface area contributed by atoms with Crippen LogP contribution in [-0.4, -0.2) is 95.3 Å². The van der Waals surface area contributed by atoms with E-state index < -0.39 is 69.9 Å². The first-order chi connectivity index (χ1) is 18.7. The Kier molecular flexibility index (Phi) is 8.49. The van der Waals surface area contributed by atoms with Gasteiger partial charge in [0.1, 0.15) is 23.7 Å². The van der Waals surface area contributed by atoms with Gasteiger partial charge in [-0.25, -0.2) is 4.79 Å². The first-order valence-electron chi connectivity index (χ1n) is 12.4. The van der Waals surface area contributed by atoms with Crippen LogP contribution in [0.1, 0.15) is 17.5 Å². The van der Waals surface area contributed by atoms with Crippen molar-refractivity contribution in [3.8, 4) is 5.75 Å². The molecule has 0 heterocycles. The third kappa shape index (κ3) is 4.69. The van der Waals surface area contributed by atoms with Crippen molar-refractivity contribution in [1.29, 1.82) is 0 Å². The number of hydrogen-bond donors (Lipinski definition) is 6. The molecule has 1 aromatic carbocycles. The Labute approximate surface area is 242 Å². The van der Waals surface area contributed by atoms with Crippen molar-refractivity contribution in [1.82, 2.24) is 4.90 Å². The lowest BCUT2D eigenvalue weighted by atomic mass is 9.57. The molecule has 4 atom stereocenters. The number of nitrogens with one attached hydrogen (secondary N) is 1. The lowest BCUT2D eigenvalue weighted by Gasteiger charge is -2.50. The van der Waals surface area contributed by atoms with E-state index in [4.69, 9.17) is 10.5 Å². The van der Waals surface area contributed by atoms with Gasteiger partial charge in [-0.2, -0.15) is 0 Å². The fraction of sp³-hybridized carbons (Fsp3) is 0.407. The molecule has 1 aromatic rings. The largest absolute Gasteiger partial charge is 0.508 e. The molecule has 13 nitrogen and oxygen atoms in total. The summed E-state index contributed by atoms with van der Waals surface area (Å²) in [6, 6.07) is 0.315. The zero-order valence-electron chi connectivity index (χ0n) is 22.9. The van der Waals surface area contributed by atoms with Crippen LogP contribution in [0, 0.1) is 11.8 Å². The van der Waals surface area contributed by atoms with Crippen LogP contribution in [0.15, 0.2) is 35.6 Å². The molecular weight excluding hydrogens is 560 g/mol. The maximum absolute atomic E-state index is 14.0. The highest BCUT2D eigenvalue weighted by Gasteiger charge is 2.64. The molecule has 3 aliphatic carbocycles. The molecule has 4 rings (SSSR count). The molecule has 1 fully saturated rings. The van der Waals surface area contributed by atoms with Gasteiger partial charge in [0.15, 0.2) is 17.1 Å². The zero-order chi connectivity index (χ0) is 29.8. The minimum Gasteiger partial charge on any atom is -0.508 e. The van der Waals surface area contributed by atoms with Crippen molar-refractivity contribution in [2.24, 2.45) is 17.6 Å². The average molecular weight is 593 g/mol. The second-order valence-electron chi connectivity index (χ2n) is 10.5. The van der Waals surface area contributed by atoms with Crippen molar-refractivity contribution in [3.63, 3.8) is 0 Å². The summed E-state index contributed by atoms with van der Waals surface area (Å²) in [4.78, 5) is 54.6. The Hall–Kier alpha value is -4.07. The van der Waals surface area contributed by atoms with Crippen LogP contribution >= 0.6 is 12.4 Å². The molecule has 0 saturated heterocycles. The second-order valence-corrected chi connectivity index (χ2v) is 10.5. The number of nitrogens with zero attached hydrogens (tertiary/aromatic N) is 2. The van der Waals surface area contributed by atoms with E-state index in [1.54, 1.807) is 19.0 Å². The number of aliphatic hydroxyl groups is 3. The lowest BCUT2D eigenvalue weighted by Crippen LogP contribution is -2.65. The minimum absolute atomic E-state index is 0. The standard InChI is InChI=1S/C27H32N4O9.ClH/c1-6-7-40-26(38)29-14-10-15(30(2)3)12-8-11-9-13-19(31(4)5)22(34)18(25(28)37)24(36)27(13,39)23(35)16(11)21(33)17(12)20(14)32;/h6,10-11,13,19,32-33,36,39H,1,7-9H2,2-5H3,(H2,28,37)(H,29,38);1H/t11?,13?,19-,27-;/m0./s1. The summed E-state index contributed by atoms with van der Waals surface area (Å²) in [5, 5.41) is 47.6. The maximum atomic E-state index is 14.0. The van der Waals surface area contributed by atoms with E-state index in [9.17, 15) is 39.6 Å². The van der Waals surface area contributed by atoms with Gasteiger partial charge >= 0.3 is 6.09 Å². The van der Waals surface area contributed by atoms with Gasteiger partial charge in [0.25, 0.3) is 5.91 Å². The van der Waals surface area contributed by atoms with E-state index in [0.717, 1.165) is 0 Å². The number of ether oxygens (including phenoxy) is 1. The van der Waals surface area contributed by atoms with Crippen molar-refractivity contribution in [2.75, 3.05) is 45.0 Å². The number of aliphatic hydroxyl groups excluding tert-OH is 2. The Morgan fingerprint density at radius 1 is 1.22 bits per heavy atom. The monoisotopic (exact) mass is 592 g/mol. The zero-order valence-corrected chi connectivity index (χ0v) is 23.7. The number of benzene rings is 1. The number of phenols is 1. The van der Waals surface area contributed by atoms with Crippen LogP contribution in [0.3, 0.4) is 0 Å². The van der Waals surface area contributed by atoms with Gasteiger partial charge in [-0.1, -0.05) is 12.7 Å². The van der Waals surface area contributed by atoms with Crippen molar-refractivity contribution < 1.29 is 44.3 Å². The van der Waals surface area contributed by atoms with Crippen molar-refractivity contribution in [2.45, 2.75) is 24.5 Å². The molecule has 3 aliphatic rings. The number of amides is 2. The van der Waals surface area contributed by atoms with Gasteiger partial charge in [0, 0.05) is 31.3 Å². The Morgan fingerprint density at radius 2 is 1.85 bits per heavy atom. The van der Waals surface area contributed by atoms with Gasteiger partial charge in [-0.15, -0.1) is 12.4 Å². The Morgan fingerprint density at radius 3 is 2.39 bits per heavy atom. The molecule has 0 aromatic heterocycles. The van der Waals surface area contributed by atoms with Gasteiger partial charge < -0.3 is 35.8 Å². The second kappa shape index (κ2) is 11.1. The normalized spacial score (nSPS) is 25.1. The number of phenolic OH excluding ortho intramolecular Hbond substituents is 1. The number of anilines is 2. The fourth-order valence-electron chi connectivity index (χ4n) is 6.07. The molecule has 0 radical (unpaired) electrons. The van der Waals surface area contributed by atoms with Gasteiger partial charge in [0.05, 0.1) is 17.3 Å². The van der Waals surface area contributed by atoms with E-state index in [1.165, 1.54) is 31.1 Å². The molecular formula is C27H33ClN4O9. The van der Waals surface area contributed by atoms with Crippen LogP contribution in [-0.2, 0) is 25.5 Å². The molecule has 7 N–H and O–H groups in total. The number of carbonyl (C=O) groups excluding carboxylic acids is 4. The predicted octanol–water partition coefficient (Wildman–Crippen LogP) is 1.19. The summed E-state index contributed by atoms with van der Waals surface area (Å²) in [5.41, 5.74) is 2.12. The van der Waals surface area contributed by atoms with Crippen molar-refractivity contribution in [3.05, 3.63) is 46.8 Å². The number of halogens is 1. The third-order valence-corrected chi connectivity index (χ3v) is 7.75. The van der Waals surface area contributed by atoms with E-state index in [0.29, 0.717) is 11.3 Å². The molecule has 222 valence electrons. The molecule has 0 spiro atoms. The smallest absolute Gasteiger partial charge is 0.412 e. The number of aromatic hydroxyl groups is 1. The molecule has 2 amide bonds. The van der Waals surface area contributed by atoms with Gasteiger partial charge in [-0.3, -0.25) is 24.6 Å². The Balaban J connectivity index is 0.00000462. The number of rotatable bonds is 6. The van der Waals surface area contributed by atoms with Crippen LogP contribution < -0.4 is 16.0 Å². The van der Waals surface area contributed by atoms with Crippen LogP contribution in [0.4, 0.5) is 16.2 Å². The predicted molar refractivity (Wildman–Crippen MR) is 151 cm³/mol. The summed E-state index contributed by atoms with van der Waals surface area (Å²) in [6.07, 6.45) is 0.528. The molecule has 14 heteroatoms. The number of likely N-dealkylation sites (N-methyl/N-ethyl adjacent to an activating group) is 1. The average Bonchev–Trinajstić information content (AvgIpc) is 2.85. The fourth-order valence-corrected chi connectivity index (χ4v) is 6.07. The highest BCUT2D eigenvalue weighted by atomic mass is 35.5. The molecule has 2 unspecified atom stereocenters. The lowest BCUT2D eigenvalue weighted by molar-refractivity contribution is -0.153. The quantitative estimate of drug-likeness (QED) is 0.157. The van der Waals surface area contributed by atoms with E-state index >= 15 is 0 Å².